The molecule has 1 unspecified atom stereocenters. The molecule has 1 atom stereocenters. The monoisotopic (exact) mass is 485 g/mol. The Hall–Kier alpha value is -2.89. The first-order valence-electron chi connectivity index (χ1n) is 11.0. The molecule has 0 bridgehead atoms. The molecule has 0 radical (unpaired) electrons. The maximum atomic E-state index is 10.4. The van der Waals surface area contributed by atoms with Crippen molar-refractivity contribution in [3.05, 3.63) is 23.8 Å². The topological polar surface area (TPSA) is 163 Å². The highest BCUT2D eigenvalue weighted by molar-refractivity contribution is 6.01. The molecule has 1 heterocycles. The number of carbonyl (C=O) groups is 3. The number of aliphatic carboxylic acids is 3. The van der Waals surface area contributed by atoms with Gasteiger partial charge in [-0.1, -0.05) is 19.9 Å². The molecular weight excluding hydrogens is 450 g/mol. The van der Waals surface area contributed by atoms with E-state index in [1.165, 1.54) is 5.56 Å². The summed E-state index contributed by atoms with van der Waals surface area (Å²) in [6.45, 7) is 11.6. The second kappa shape index (κ2) is 13.1. The summed E-state index contributed by atoms with van der Waals surface area (Å²) in [6, 6.07) is 6.02. The predicted octanol–water partition coefficient (Wildman–Crippen LogP) is 1.84. The minimum Gasteiger partial charge on any atom is -0.481 e. The molecule has 4 N–H and O–H groups in total. The molecule has 0 spiro atoms. The Bertz CT molecular complexity index is 825. The molecule has 0 fully saturated rings. The van der Waals surface area contributed by atoms with Gasteiger partial charge in [-0.25, -0.2) is 0 Å². The number of nitrogens with zero attached hydrogens (tertiary/aromatic N) is 1. The quantitative estimate of drug-likeness (QED) is 0.238. The first-order chi connectivity index (χ1) is 15.9. The second-order valence-corrected chi connectivity index (χ2v) is 8.10. The summed E-state index contributed by atoms with van der Waals surface area (Å²) in [5.41, 5.74) is -1.47. The van der Waals surface area contributed by atoms with E-state index in [1.807, 2.05) is 25.1 Å². The number of fused-ring (bicyclic) bond motifs is 1. The SMILES string of the molecule is CCN(CC)CCOCCC1(C)Oc2ccc(C)cc2O1.O=C(O)CC(CO)(C(=O)O)C(=O)O. The fourth-order valence-corrected chi connectivity index (χ4v) is 3.15. The summed E-state index contributed by atoms with van der Waals surface area (Å²) < 4.78 is 17.6. The van der Waals surface area contributed by atoms with E-state index in [2.05, 4.69) is 25.7 Å². The van der Waals surface area contributed by atoms with Crippen LogP contribution in [0.4, 0.5) is 0 Å². The molecule has 0 aliphatic carbocycles. The summed E-state index contributed by atoms with van der Waals surface area (Å²) in [5.74, 6) is -4.29. The summed E-state index contributed by atoms with van der Waals surface area (Å²) in [5, 5.41) is 33.7. The molecule has 11 heteroatoms. The van der Waals surface area contributed by atoms with Crippen molar-refractivity contribution in [2.24, 2.45) is 5.41 Å². The Morgan fingerprint density at radius 1 is 1.03 bits per heavy atom. The van der Waals surface area contributed by atoms with Gasteiger partial charge in [-0.3, -0.25) is 14.4 Å². The fourth-order valence-electron chi connectivity index (χ4n) is 3.15. The highest BCUT2D eigenvalue weighted by Crippen LogP contribution is 2.40. The van der Waals surface area contributed by atoms with E-state index >= 15 is 0 Å². The van der Waals surface area contributed by atoms with Crippen LogP contribution in [0.5, 0.6) is 11.5 Å². The number of aliphatic hydroxyl groups excluding tert-OH is 1. The molecule has 0 saturated heterocycles. The van der Waals surface area contributed by atoms with Crippen LogP contribution in [0, 0.1) is 12.3 Å². The highest BCUT2D eigenvalue weighted by Gasteiger charge is 2.48. The second-order valence-electron chi connectivity index (χ2n) is 8.10. The van der Waals surface area contributed by atoms with Gasteiger partial charge >= 0.3 is 17.9 Å². The van der Waals surface area contributed by atoms with Crippen LogP contribution < -0.4 is 9.47 Å². The summed E-state index contributed by atoms with van der Waals surface area (Å²) >= 11 is 0. The number of aryl methyl sites for hydroxylation is 1. The molecule has 1 aromatic rings. The van der Waals surface area contributed by atoms with Crippen molar-refractivity contribution in [1.82, 2.24) is 4.90 Å². The molecule has 0 aromatic heterocycles. The van der Waals surface area contributed by atoms with Gasteiger partial charge in [-0.05, 0) is 37.7 Å². The number of likely N-dealkylation sites (N-methyl/N-ethyl adjacent to an activating group) is 1. The Kier molecular flexibility index (Phi) is 11.2. The van der Waals surface area contributed by atoms with Crippen LogP contribution in [0.15, 0.2) is 18.2 Å². The van der Waals surface area contributed by atoms with Crippen molar-refractivity contribution in [1.29, 1.82) is 0 Å². The maximum absolute atomic E-state index is 10.4. The number of carboxylic acid groups (broad SMARTS) is 3. The van der Waals surface area contributed by atoms with E-state index in [4.69, 9.17) is 34.6 Å². The van der Waals surface area contributed by atoms with E-state index in [0.29, 0.717) is 6.61 Å². The third kappa shape index (κ3) is 8.15. The van der Waals surface area contributed by atoms with Gasteiger partial charge in [0.15, 0.2) is 16.9 Å². The first-order valence-corrected chi connectivity index (χ1v) is 11.0. The Balaban J connectivity index is 0.000000385. The highest BCUT2D eigenvalue weighted by atomic mass is 16.7. The lowest BCUT2D eigenvalue weighted by Crippen LogP contribution is -2.44. The van der Waals surface area contributed by atoms with Gasteiger partial charge in [0, 0.05) is 19.9 Å². The first kappa shape index (κ1) is 29.1. The lowest BCUT2D eigenvalue weighted by molar-refractivity contribution is -0.172. The van der Waals surface area contributed by atoms with E-state index in [-0.39, 0.29) is 0 Å². The maximum Gasteiger partial charge on any atom is 0.324 e. The van der Waals surface area contributed by atoms with Crippen LogP contribution in [0.1, 0.15) is 39.2 Å². The van der Waals surface area contributed by atoms with Gasteiger partial charge < -0.3 is 39.5 Å². The summed E-state index contributed by atoms with van der Waals surface area (Å²) in [7, 11) is 0. The van der Waals surface area contributed by atoms with Gasteiger partial charge in [0.05, 0.1) is 26.2 Å². The summed E-state index contributed by atoms with van der Waals surface area (Å²) in [4.78, 5) is 33.3. The molecule has 34 heavy (non-hydrogen) atoms. The zero-order valence-electron chi connectivity index (χ0n) is 20.1. The van der Waals surface area contributed by atoms with Crippen molar-refractivity contribution in [2.75, 3.05) is 39.5 Å². The molecule has 2 rings (SSSR count). The number of hydrogen-bond acceptors (Lipinski definition) is 8. The smallest absolute Gasteiger partial charge is 0.324 e. The standard InChI is InChI=1S/C17H27NO3.C6H8O7/c1-5-18(6-2)10-12-19-11-9-17(4)20-15-8-7-14(3)13-16(15)21-17;7-2-6(4(10)11,5(12)13)1-3(8)9/h7-8,13H,5-6,9-12H2,1-4H3;7H,1-2H2,(H,8,9)(H,10,11)(H,12,13). The minimum absolute atomic E-state index is 0.606. The van der Waals surface area contributed by atoms with E-state index in [9.17, 15) is 14.4 Å². The lowest BCUT2D eigenvalue weighted by Gasteiger charge is -2.23. The molecule has 192 valence electrons. The van der Waals surface area contributed by atoms with Gasteiger partial charge in [-0.2, -0.15) is 0 Å². The average molecular weight is 486 g/mol. The minimum atomic E-state index is -2.65. The number of rotatable bonds is 13. The molecule has 1 aromatic carbocycles. The molecular formula is C23H35NO10. The van der Waals surface area contributed by atoms with Gasteiger partial charge in [0.2, 0.25) is 0 Å². The number of aliphatic hydroxyl groups is 1. The van der Waals surface area contributed by atoms with Gasteiger partial charge in [0.25, 0.3) is 5.79 Å². The zero-order valence-corrected chi connectivity index (χ0v) is 20.1. The van der Waals surface area contributed by atoms with Crippen molar-refractivity contribution < 1.29 is 49.0 Å². The van der Waals surface area contributed by atoms with Crippen LogP contribution in [-0.2, 0) is 19.1 Å². The van der Waals surface area contributed by atoms with E-state index in [0.717, 1.165) is 44.2 Å². The Morgan fingerprint density at radius 3 is 2.09 bits per heavy atom. The van der Waals surface area contributed by atoms with Crippen LogP contribution in [-0.4, -0.2) is 88.5 Å². The third-order valence-corrected chi connectivity index (χ3v) is 5.44. The average Bonchev–Trinajstić information content (AvgIpc) is 3.09. The molecule has 0 amide bonds. The van der Waals surface area contributed by atoms with Crippen LogP contribution in [0.3, 0.4) is 0 Å². The molecule has 11 nitrogen and oxygen atoms in total. The van der Waals surface area contributed by atoms with Crippen LogP contribution in [0.2, 0.25) is 0 Å². The third-order valence-electron chi connectivity index (χ3n) is 5.44. The number of ether oxygens (including phenoxy) is 3. The van der Waals surface area contributed by atoms with Crippen LogP contribution >= 0.6 is 0 Å². The van der Waals surface area contributed by atoms with E-state index in [1.54, 1.807) is 0 Å². The molecule has 1 aliphatic heterocycles. The zero-order chi connectivity index (χ0) is 25.9. The Labute approximate surface area is 198 Å². The van der Waals surface area contributed by atoms with Gasteiger partial charge in [-0.15, -0.1) is 0 Å². The number of benzene rings is 1. The fraction of sp³-hybridized carbons (Fsp3) is 0.609. The molecule has 1 aliphatic rings. The van der Waals surface area contributed by atoms with Crippen molar-refractivity contribution in [3.8, 4) is 11.5 Å². The van der Waals surface area contributed by atoms with Gasteiger partial charge in [0.1, 0.15) is 0 Å². The lowest BCUT2D eigenvalue weighted by atomic mass is 9.85. The summed E-state index contributed by atoms with van der Waals surface area (Å²) in [6.07, 6.45) is -0.437. The Morgan fingerprint density at radius 2 is 1.62 bits per heavy atom. The largest absolute Gasteiger partial charge is 0.481 e. The normalized spacial score (nSPS) is 16.6. The van der Waals surface area contributed by atoms with Crippen LogP contribution in [0.25, 0.3) is 0 Å². The molecule has 0 saturated carbocycles. The number of carboxylic acids is 3. The van der Waals surface area contributed by atoms with Crippen molar-refractivity contribution in [2.45, 2.75) is 46.3 Å². The van der Waals surface area contributed by atoms with E-state index < -0.39 is 42.1 Å². The predicted molar refractivity (Wildman–Crippen MR) is 121 cm³/mol. The van der Waals surface area contributed by atoms with Crippen molar-refractivity contribution >= 4 is 17.9 Å². The number of hydrogen-bond donors (Lipinski definition) is 4. The van der Waals surface area contributed by atoms with Crippen molar-refractivity contribution in [3.63, 3.8) is 0 Å².